The molecule has 0 unspecified atom stereocenters. The van der Waals surface area contributed by atoms with E-state index in [4.69, 9.17) is 10.9 Å². The zero-order valence-corrected chi connectivity index (χ0v) is 9.70. The molecule has 94 valence electrons. The second-order valence-electron chi connectivity index (χ2n) is 3.24. The van der Waals surface area contributed by atoms with E-state index in [0.29, 0.717) is 6.54 Å². The Morgan fingerprint density at radius 1 is 1.29 bits per heavy atom. The molecule has 0 aromatic heterocycles. The number of hydrazine groups is 1. The number of hydrogen-bond donors (Lipinski definition) is 4. The molecule has 0 aliphatic carbocycles. The molecule has 0 bridgehead atoms. The lowest BCUT2D eigenvalue weighted by Gasteiger charge is -2.05. The summed E-state index contributed by atoms with van der Waals surface area (Å²) < 4.78 is 25.1. The van der Waals surface area contributed by atoms with Crippen molar-refractivity contribution in [3.63, 3.8) is 0 Å². The summed E-state index contributed by atoms with van der Waals surface area (Å²) in [6.45, 7) is -0.225. The molecule has 0 spiro atoms. The number of nitrogens with two attached hydrogens (primary N) is 1. The average Bonchev–Trinajstić information content (AvgIpc) is 2.28. The summed E-state index contributed by atoms with van der Waals surface area (Å²) in [6.07, 6.45) is 0. The van der Waals surface area contributed by atoms with Crippen molar-refractivity contribution >= 4 is 16.0 Å². The molecule has 0 radical (unpaired) electrons. The monoisotopic (exact) mass is 259 g/mol. The lowest BCUT2D eigenvalue weighted by molar-refractivity contribution is -0.135. The fraction of sp³-hybridized carbons (Fsp3) is 0.222. The van der Waals surface area contributed by atoms with Gasteiger partial charge in [-0.15, -0.1) is 0 Å². The van der Waals surface area contributed by atoms with Crippen LogP contribution in [0.25, 0.3) is 0 Å². The SMILES string of the molecule is NNCc1ccc(S(=O)(=O)NCC(=O)O)cc1. The van der Waals surface area contributed by atoms with Crippen molar-refractivity contribution in [2.45, 2.75) is 11.4 Å². The Kier molecular flexibility index (Phi) is 4.58. The van der Waals surface area contributed by atoms with E-state index in [0.717, 1.165) is 5.56 Å². The third-order valence-corrected chi connectivity index (χ3v) is 3.37. The normalized spacial score (nSPS) is 11.4. The van der Waals surface area contributed by atoms with Gasteiger partial charge in [0.1, 0.15) is 6.54 Å². The smallest absolute Gasteiger partial charge is 0.318 e. The highest BCUT2D eigenvalue weighted by atomic mass is 32.2. The van der Waals surface area contributed by atoms with E-state index in [2.05, 4.69) is 5.43 Å². The minimum Gasteiger partial charge on any atom is -0.480 e. The number of sulfonamides is 1. The van der Waals surface area contributed by atoms with Gasteiger partial charge < -0.3 is 5.11 Å². The Hall–Kier alpha value is -1.48. The van der Waals surface area contributed by atoms with E-state index < -0.39 is 22.5 Å². The third kappa shape index (κ3) is 4.11. The molecule has 0 amide bonds. The summed E-state index contributed by atoms with van der Waals surface area (Å²) in [7, 11) is -3.77. The molecule has 17 heavy (non-hydrogen) atoms. The van der Waals surface area contributed by atoms with E-state index >= 15 is 0 Å². The summed E-state index contributed by atoms with van der Waals surface area (Å²) >= 11 is 0. The van der Waals surface area contributed by atoms with Crippen molar-refractivity contribution in [3.8, 4) is 0 Å². The molecule has 1 rings (SSSR count). The predicted molar refractivity (Wildman–Crippen MR) is 60.3 cm³/mol. The molecule has 5 N–H and O–H groups in total. The second kappa shape index (κ2) is 5.73. The van der Waals surface area contributed by atoms with Crippen LogP contribution in [0.3, 0.4) is 0 Å². The van der Waals surface area contributed by atoms with Gasteiger partial charge in [-0.2, -0.15) is 4.72 Å². The van der Waals surface area contributed by atoms with Crippen LogP contribution >= 0.6 is 0 Å². The Morgan fingerprint density at radius 2 is 1.88 bits per heavy atom. The molecule has 8 heteroatoms. The lowest BCUT2D eigenvalue weighted by Crippen LogP contribution is -2.29. The van der Waals surface area contributed by atoms with Gasteiger partial charge in [0.2, 0.25) is 10.0 Å². The van der Waals surface area contributed by atoms with Gasteiger partial charge in [0.05, 0.1) is 4.90 Å². The number of rotatable bonds is 6. The van der Waals surface area contributed by atoms with E-state index in [1.807, 2.05) is 4.72 Å². The summed E-state index contributed by atoms with van der Waals surface area (Å²) in [5.74, 6) is 3.88. The molecule has 0 saturated carbocycles. The number of carbonyl (C=O) groups is 1. The zero-order chi connectivity index (χ0) is 12.9. The standard InChI is InChI=1S/C9H13N3O4S/c10-11-5-7-1-3-8(4-2-7)17(15,16)12-6-9(13)14/h1-4,11-12H,5-6,10H2,(H,13,14). The lowest BCUT2D eigenvalue weighted by atomic mass is 10.2. The summed E-state index contributed by atoms with van der Waals surface area (Å²) in [6, 6.07) is 5.96. The van der Waals surface area contributed by atoms with Gasteiger partial charge in [-0.1, -0.05) is 12.1 Å². The first-order valence-corrected chi connectivity index (χ1v) is 6.18. The molecular formula is C9H13N3O4S. The van der Waals surface area contributed by atoms with Gasteiger partial charge in [-0.3, -0.25) is 16.1 Å². The van der Waals surface area contributed by atoms with E-state index in [1.165, 1.54) is 12.1 Å². The highest BCUT2D eigenvalue weighted by Crippen LogP contribution is 2.10. The maximum absolute atomic E-state index is 11.6. The minimum absolute atomic E-state index is 0.0134. The number of hydrogen-bond acceptors (Lipinski definition) is 5. The molecule has 0 heterocycles. The number of nitrogens with one attached hydrogen (secondary N) is 2. The van der Waals surface area contributed by atoms with Crippen LogP contribution in [0, 0.1) is 0 Å². The van der Waals surface area contributed by atoms with Gasteiger partial charge >= 0.3 is 5.97 Å². The Morgan fingerprint density at radius 3 is 2.35 bits per heavy atom. The summed E-state index contributed by atoms with van der Waals surface area (Å²) in [5.41, 5.74) is 3.26. The number of aliphatic carboxylic acids is 1. The van der Waals surface area contributed by atoms with Gasteiger partial charge in [0.25, 0.3) is 0 Å². The maximum Gasteiger partial charge on any atom is 0.318 e. The molecule has 1 aromatic carbocycles. The fourth-order valence-electron chi connectivity index (χ4n) is 1.14. The van der Waals surface area contributed by atoms with Crippen molar-refractivity contribution in [3.05, 3.63) is 29.8 Å². The van der Waals surface area contributed by atoms with Crippen molar-refractivity contribution in [1.29, 1.82) is 0 Å². The minimum atomic E-state index is -3.77. The second-order valence-corrected chi connectivity index (χ2v) is 5.01. The maximum atomic E-state index is 11.6. The van der Waals surface area contributed by atoms with Crippen molar-refractivity contribution in [2.75, 3.05) is 6.54 Å². The van der Waals surface area contributed by atoms with E-state index in [9.17, 15) is 13.2 Å². The largest absolute Gasteiger partial charge is 0.480 e. The third-order valence-electron chi connectivity index (χ3n) is 1.95. The van der Waals surface area contributed by atoms with E-state index in [-0.39, 0.29) is 4.90 Å². The molecule has 0 aliphatic rings. The van der Waals surface area contributed by atoms with Crippen LogP contribution in [-0.4, -0.2) is 26.0 Å². The molecule has 0 saturated heterocycles. The van der Waals surface area contributed by atoms with Crippen LogP contribution in [0.2, 0.25) is 0 Å². The molecule has 0 fully saturated rings. The quantitative estimate of drug-likeness (QED) is 0.384. The van der Waals surface area contributed by atoms with Crippen LogP contribution in [0.5, 0.6) is 0 Å². The number of benzene rings is 1. The van der Waals surface area contributed by atoms with Crippen molar-refractivity contribution in [2.24, 2.45) is 5.84 Å². The Balaban J connectivity index is 2.81. The highest BCUT2D eigenvalue weighted by molar-refractivity contribution is 7.89. The zero-order valence-electron chi connectivity index (χ0n) is 8.88. The predicted octanol–water partition coefficient (Wildman–Crippen LogP) is -0.987. The molecular weight excluding hydrogens is 246 g/mol. The van der Waals surface area contributed by atoms with Crippen LogP contribution in [0.1, 0.15) is 5.56 Å². The van der Waals surface area contributed by atoms with Crippen LogP contribution in [-0.2, 0) is 21.4 Å². The first kappa shape index (κ1) is 13.6. The molecule has 7 nitrogen and oxygen atoms in total. The topological polar surface area (TPSA) is 122 Å². The van der Waals surface area contributed by atoms with Crippen molar-refractivity contribution < 1.29 is 18.3 Å². The average molecular weight is 259 g/mol. The molecule has 0 atom stereocenters. The first-order valence-electron chi connectivity index (χ1n) is 4.69. The van der Waals surface area contributed by atoms with Crippen LogP contribution in [0.4, 0.5) is 0 Å². The Bertz CT molecular complexity index is 483. The van der Waals surface area contributed by atoms with Gasteiger partial charge in [-0.25, -0.2) is 8.42 Å². The van der Waals surface area contributed by atoms with Crippen molar-refractivity contribution in [1.82, 2.24) is 10.1 Å². The van der Waals surface area contributed by atoms with Gasteiger partial charge in [0, 0.05) is 6.54 Å². The summed E-state index contributed by atoms with van der Waals surface area (Å²) in [4.78, 5) is 10.3. The van der Waals surface area contributed by atoms with Gasteiger partial charge in [-0.05, 0) is 17.7 Å². The Labute approximate surface area is 98.7 Å². The van der Waals surface area contributed by atoms with Crippen LogP contribution < -0.4 is 16.0 Å². The van der Waals surface area contributed by atoms with Crippen LogP contribution in [0.15, 0.2) is 29.2 Å². The van der Waals surface area contributed by atoms with E-state index in [1.54, 1.807) is 12.1 Å². The summed E-state index contributed by atoms with van der Waals surface area (Å²) in [5, 5.41) is 8.39. The number of carboxylic acid groups (broad SMARTS) is 1. The fourth-order valence-corrected chi connectivity index (χ4v) is 2.12. The first-order chi connectivity index (χ1) is 7.95. The number of carboxylic acids is 1. The molecule has 0 aliphatic heterocycles. The highest BCUT2D eigenvalue weighted by Gasteiger charge is 2.14. The molecule has 1 aromatic rings. The van der Waals surface area contributed by atoms with Gasteiger partial charge in [0.15, 0.2) is 0 Å².